The molecule has 3 atom stereocenters. The average molecular weight is 787 g/mol. The molecule has 0 aromatic heterocycles. The first-order valence-corrected chi connectivity index (χ1v) is 17.5. The lowest BCUT2D eigenvalue weighted by atomic mass is 9.83. The van der Waals surface area contributed by atoms with Gasteiger partial charge in [-0.15, -0.1) is 0 Å². The number of nitrogens with one attached hydrogen (secondary N) is 1. The SMILES string of the molecule is NC(=O)C(CCC(F)(F)F)C(CCC(F)(F)F)C(=O)NC1N=C(c2ccccc2)c2ccccc2N(COC(=O)c2ccc(COP(=O)(O)O)cc2)C1=O. The van der Waals surface area contributed by atoms with Crippen LogP contribution in [0.15, 0.2) is 83.9 Å². The molecule has 3 aromatic rings. The van der Waals surface area contributed by atoms with Crippen molar-refractivity contribution in [3.63, 3.8) is 0 Å². The molecule has 3 aromatic carbocycles. The minimum Gasteiger partial charge on any atom is -0.440 e. The van der Waals surface area contributed by atoms with Crippen molar-refractivity contribution in [2.24, 2.45) is 22.6 Å². The van der Waals surface area contributed by atoms with Crippen molar-refractivity contribution in [3.8, 4) is 0 Å². The Labute approximate surface area is 303 Å². The lowest BCUT2D eigenvalue weighted by Crippen LogP contribution is -2.51. The van der Waals surface area contributed by atoms with Crippen molar-refractivity contribution in [1.82, 2.24) is 5.32 Å². The van der Waals surface area contributed by atoms with Crippen molar-refractivity contribution < 1.29 is 69.1 Å². The molecule has 3 unspecified atom stereocenters. The number of primary amides is 1. The van der Waals surface area contributed by atoms with Crippen LogP contribution in [-0.4, -0.2) is 64.4 Å². The molecule has 0 aliphatic carbocycles. The van der Waals surface area contributed by atoms with Gasteiger partial charge in [0.15, 0.2) is 6.73 Å². The molecule has 290 valence electrons. The molecular formula is C34H33F6N4O9P. The predicted octanol–water partition coefficient (Wildman–Crippen LogP) is 5.14. The Kier molecular flexibility index (Phi) is 13.4. The molecule has 1 aliphatic rings. The Bertz CT molecular complexity index is 1900. The quantitative estimate of drug-likeness (QED) is 0.0916. The second-order valence-electron chi connectivity index (χ2n) is 12.0. The van der Waals surface area contributed by atoms with E-state index < -0.39 is 101 Å². The van der Waals surface area contributed by atoms with Gasteiger partial charge in [-0.1, -0.05) is 60.7 Å². The fourth-order valence-electron chi connectivity index (χ4n) is 5.52. The third kappa shape index (κ3) is 12.0. The van der Waals surface area contributed by atoms with Crippen LogP contribution in [0, 0.1) is 11.8 Å². The van der Waals surface area contributed by atoms with Crippen molar-refractivity contribution in [1.29, 1.82) is 0 Å². The van der Waals surface area contributed by atoms with Crippen LogP contribution in [0.5, 0.6) is 0 Å². The van der Waals surface area contributed by atoms with E-state index in [1.165, 1.54) is 36.4 Å². The molecule has 0 fully saturated rings. The van der Waals surface area contributed by atoms with Crippen molar-refractivity contribution in [3.05, 3.63) is 101 Å². The summed E-state index contributed by atoms with van der Waals surface area (Å²) in [7, 11) is -4.77. The number of esters is 1. The van der Waals surface area contributed by atoms with Crippen LogP contribution in [0.4, 0.5) is 32.0 Å². The van der Waals surface area contributed by atoms with Crippen LogP contribution < -0.4 is 16.0 Å². The maximum absolute atomic E-state index is 14.2. The van der Waals surface area contributed by atoms with Gasteiger partial charge in [-0.2, -0.15) is 26.3 Å². The lowest BCUT2D eigenvalue weighted by molar-refractivity contribution is -0.152. The molecule has 1 heterocycles. The zero-order chi connectivity index (χ0) is 39.8. The smallest absolute Gasteiger partial charge is 0.440 e. The van der Waals surface area contributed by atoms with E-state index in [-0.39, 0.29) is 22.5 Å². The topological polar surface area (TPSA) is 198 Å². The standard InChI is InChI=1S/C34H33F6N4O9P/c35-33(36,37)16-14-23(28(41)45)24(15-17-34(38,39)40)30(46)43-29-31(47)44(19-52-32(48)22-12-10-20(11-13-22)18-53-54(49,50)51)26-9-5-4-8-25(26)27(42-29)21-6-2-1-3-7-21/h1-13,23-24,29H,14-19H2,(H2,41,45)(H,43,46)(H2,49,50,51). The number of aliphatic imine (C=N–C) groups is 1. The number of para-hydroxylation sites is 1. The van der Waals surface area contributed by atoms with Gasteiger partial charge >= 0.3 is 26.1 Å². The highest BCUT2D eigenvalue weighted by Gasteiger charge is 2.41. The molecule has 0 saturated carbocycles. The number of carbonyl (C=O) groups excluding carboxylic acids is 4. The van der Waals surface area contributed by atoms with Crippen LogP contribution >= 0.6 is 7.82 Å². The largest absolute Gasteiger partial charge is 0.469 e. The van der Waals surface area contributed by atoms with Gasteiger partial charge in [0.25, 0.3) is 5.91 Å². The first-order valence-electron chi connectivity index (χ1n) is 16.0. The van der Waals surface area contributed by atoms with E-state index in [4.69, 9.17) is 20.3 Å². The van der Waals surface area contributed by atoms with Gasteiger partial charge in [0.05, 0.1) is 23.6 Å². The lowest BCUT2D eigenvalue weighted by Gasteiger charge is -2.28. The molecule has 0 saturated heterocycles. The van der Waals surface area contributed by atoms with E-state index in [0.717, 1.165) is 4.90 Å². The second-order valence-corrected chi connectivity index (χ2v) is 13.2. The molecule has 20 heteroatoms. The Balaban J connectivity index is 1.69. The van der Waals surface area contributed by atoms with E-state index in [9.17, 15) is 50.1 Å². The minimum absolute atomic E-state index is 0.0552. The van der Waals surface area contributed by atoms with E-state index in [1.807, 2.05) is 0 Å². The molecule has 1 aliphatic heterocycles. The van der Waals surface area contributed by atoms with Gasteiger partial charge in [0.1, 0.15) is 0 Å². The number of hydrogen-bond donors (Lipinski definition) is 4. The number of alkyl halides is 6. The number of halogens is 6. The zero-order valence-electron chi connectivity index (χ0n) is 27.9. The molecule has 3 amide bonds. The maximum atomic E-state index is 14.2. The Hall–Kier alpha value is -5.10. The fraction of sp³-hybridized carbons (Fsp3) is 0.324. The van der Waals surface area contributed by atoms with Crippen molar-refractivity contribution in [2.45, 2.75) is 50.8 Å². The van der Waals surface area contributed by atoms with Gasteiger partial charge < -0.3 is 25.6 Å². The molecule has 13 nitrogen and oxygen atoms in total. The molecule has 4 rings (SSSR count). The van der Waals surface area contributed by atoms with Crippen LogP contribution in [0.25, 0.3) is 0 Å². The van der Waals surface area contributed by atoms with Gasteiger partial charge in [-0.25, -0.2) is 14.4 Å². The monoisotopic (exact) mass is 786 g/mol. The molecule has 0 radical (unpaired) electrons. The molecular weight excluding hydrogens is 753 g/mol. The van der Waals surface area contributed by atoms with Crippen LogP contribution in [0.2, 0.25) is 0 Å². The molecule has 0 bridgehead atoms. The number of carbonyl (C=O) groups is 4. The highest BCUT2D eigenvalue weighted by molar-refractivity contribution is 7.46. The number of benzodiazepines with no additional fused rings is 1. The number of fused-ring (bicyclic) bond motifs is 1. The number of ether oxygens (including phenoxy) is 1. The van der Waals surface area contributed by atoms with Crippen molar-refractivity contribution in [2.75, 3.05) is 11.6 Å². The summed E-state index contributed by atoms with van der Waals surface area (Å²) in [6, 6.07) is 19.5. The average Bonchev–Trinajstić information content (AvgIpc) is 3.20. The summed E-state index contributed by atoms with van der Waals surface area (Å²) in [4.78, 5) is 76.4. The Morgan fingerprint density at radius 3 is 2.02 bits per heavy atom. The molecule has 0 spiro atoms. The summed E-state index contributed by atoms with van der Waals surface area (Å²) in [5.41, 5.74) is 6.46. The number of nitrogens with zero attached hydrogens (tertiary/aromatic N) is 2. The predicted molar refractivity (Wildman–Crippen MR) is 178 cm³/mol. The Morgan fingerprint density at radius 1 is 0.870 bits per heavy atom. The molecule has 5 N–H and O–H groups in total. The zero-order valence-corrected chi connectivity index (χ0v) is 28.8. The first kappa shape index (κ1) is 41.7. The normalized spacial score (nSPS) is 16.1. The van der Waals surface area contributed by atoms with Crippen LogP contribution in [0.3, 0.4) is 0 Å². The van der Waals surface area contributed by atoms with Crippen LogP contribution in [0.1, 0.15) is 52.7 Å². The number of phosphoric ester groups is 1. The van der Waals surface area contributed by atoms with E-state index in [1.54, 1.807) is 42.5 Å². The van der Waals surface area contributed by atoms with E-state index in [2.05, 4.69) is 14.8 Å². The van der Waals surface area contributed by atoms with E-state index in [0.29, 0.717) is 11.1 Å². The summed E-state index contributed by atoms with van der Waals surface area (Å²) in [6.07, 6.45) is -17.2. The Morgan fingerprint density at radius 2 is 1.44 bits per heavy atom. The van der Waals surface area contributed by atoms with Gasteiger partial charge in [0, 0.05) is 35.8 Å². The van der Waals surface area contributed by atoms with E-state index >= 15 is 0 Å². The number of rotatable bonds is 15. The number of hydrogen-bond acceptors (Lipinski definition) is 8. The number of benzene rings is 3. The first-order chi connectivity index (χ1) is 25.2. The third-order valence-corrected chi connectivity index (χ3v) is 8.58. The summed E-state index contributed by atoms with van der Waals surface area (Å²) >= 11 is 0. The number of phosphoric acid groups is 1. The third-order valence-electron chi connectivity index (χ3n) is 8.11. The van der Waals surface area contributed by atoms with Gasteiger partial charge in [-0.05, 0) is 36.6 Å². The number of amides is 3. The second kappa shape index (κ2) is 17.4. The number of nitrogens with two attached hydrogens (primary N) is 1. The summed E-state index contributed by atoms with van der Waals surface area (Å²) in [6.45, 7) is -1.29. The van der Waals surface area contributed by atoms with Gasteiger partial charge in [0.2, 0.25) is 18.0 Å². The fourth-order valence-corrected chi connectivity index (χ4v) is 5.84. The summed E-state index contributed by atoms with van der Waals surface area (Å²) in [5, 5.41) is 2.21. The molecule has 54 heavy (non-hydrogen) atoms. The maximum Gasteiger partial charge on any atom is 0.469 e. The minimum atomic E-state index is -4.87. The number of anilines is 1. The summed E-state index contributed by atoms with van der Waals surface area (Å²) < 4.78 is 100. The highest BCUT2D eigenvalue weighted by Crippen LogP contribution is 2.37. The van der Waals surface area contributed by atoms with Crippen LogP contribution in [-0.2, 0) is 34.8 Å². The van der Waals surface area contributed by atoms with Crippen molar-refractivity contribution >= 4 is 42.9 Å². The van der Waals surface area contributed by atoms with Gasteiger partial charge in [-0.3, -0.25) is 23.8 Å². The highest BCUT2D eigenvalue weighted by atomic mass is 31.2. The summed E-state index contributed by atoms with van der Waals surface area (Å²) in [5.74, 6) is -8.95.